The number of fused-ring (bicyclic) bond motifs is 8. The summed E-state index contributed by atoms with van der Waals surface area (Å²) in [5.41, 5.74) is 2.72. The number of benzene rings is 8. The molecule has 1 aliphatic carbocycles. The Balaban J connectivity index is 0.000000137. The molecule has 8 aromatic carbocycles. The van der Waals surface area contributed by atoms with Crippen molar-refractivity contribution in [1.29, 1.82) is 0 Å². The van der Waals surface area contributed by atoms with Gasteiger partial charge in [-0.2, -0.15) is 0 Å². The molecule has 486 valence electrons. The highest BCUT2D eigenvalue weighted by Crippen LogP contribution is 2.30. The van der Waals surface area contributed by atoms with Crippen molar-refractivity contribution in [1.82, 2.24) is 20.1 Å². The molecule has 0 aliphatic heterocycles. The molecule has 0 spiro atoms. The number of aryl methyl sites for hydroxylation is 1. The SMILES string of the molecule is CN(C)CCOc1ccc2c(=O)c3ccc(F)cc3oc2c1.CN(C)CCOc1ccc2c(=O)c3ccc(Oc4ccc(CCC(=O)NC5CCCC5)nc4)cc3oc2c1.COc1ccc2c(=O)c3ccc(F)cc3oc2c1.O=c1c2ccc(O)cc2oc2cc(F)ccc12. The Hall–Kier alpha value is -11.0. The maximum atomic E-state index is 13.3. The zero-order valence-electron chi connectivity index (χ0n) is 52.5. The smallest absolute Gasteiger partial charge is 0.220 e. The molecule has 1 saturated carbocycles. The van der Waals surface area contributed by atoms with Crippen molar-refractivity contribution in [3.8, 4) is 34.5 Å². The molecule has 0 bridgehead atoms. The Bertz CT molecular complexity index is 5180. The number of hydrogen-bond donors (Lipinski definition) is 2. The highest BCUT2D eigenvalue weighted by Gasteiger charge is 2.18. The number of phenols is 1. The van der Waals surface area contributed by atoms with Crippen LogP contribution in [0.4, 0.5) is 13.2 Å². The van der Waals surface area contributed by atoms with Gasteiger partial charge < -0.3 is 56.8 Å². The van der Waals surface area contributed by atoms with Crippen LogP contribution in [0.5, 0.6) is 34.5 Å². The van der Waals surface area contributed by atoms with Gasteiger partial charge in [-0.15, -0.1) is 0 Å². The van der Waals surface area contributed by atoms with E-state index in [1.54, 1.807) is 79.0 Å². The number of aromatic hydroxyl groups is 1. The number of pyridine rings is 1. The Kier molecular flexibility index (Phi) is 20.2. The number of ether oxygens (including phenoxy) is 4. The summed E-state index contributed by atoms with van der Waals surface area (Å²) in [6.45, 7) is 2.64. The van der Waals surface area contributed by atoms with Gasteiger partial charge in [0.15, 0.2) is 0 Å². The van der Waals surface area contributed by atoms with Gasteiger partial charge >= 0.3 is 0 Å². The number of rotatable bonds is 15. The maximum Gasteiger partial charge on any atom is 0.220 e. The van der Waals surface area contributed by atoms with Gasteiger partial charge in [-0.3, -0.25) is 29.0 Å². The van der Waals surface area contributed by atoms with E-state index in [2.05, 4.69) is 10.3 Å². The molecule has 18 nitrogen and oxygen atoms in total. The minimum Gasteiger partial charge on any atom is -0.508 e. The lowest BCUT2D eigenvalue weighted by Crippen LogP contribution is -2.32. The van der Waals surface area contributed by atoms with Crippen LogP contribution >= 0.6 is 0 Å². The van der Waals surface area contributed by atoms with Crippen LogP contribution in [0.15, 0.2) is 201 Å². The van der Waals surface area contributed by atoms with Crippen LogP contribution in [0.25, 0.3) is 87.8 Å². The van der Waals surface area contributed by atoms with Gasteiger partial charge in [0.05, 0.1) is 56.4 Å². The van der Waals surface area contributed by atoms with Gasteiger partial charge in [0.1, 0.15) is 110 Å². The molecule has 5 aromatic heterocycles. The van der Waals surface area contributed by atoms with Crippen LogP contribution in [0.1, 0.15) is 37.8 Å². The molecule has 5 heterocycles. The first-order valence-corrected chi connectivity index (χ1v) is 30.5. The summed E-state index contributed by atoms with van der Waals surface area (Å²) < 4.78 is 84.5. The van der Waals surface area contributed by atoms with Crippen LogP contribution in [-0.4, -0.2) is 93.4 Å². The van der Waals surface area contributed by atoms with Crippen LogP contribution in [-0.2, 0) is 11.2 Å². The molecule has 21 heteroatoms. The third kappa shape index (κ3) is 15.9. The fourth-order valence-corrected chi connectivity index (χ4v) is 10.7. The van der Waals surface area contributed by atoms with Crippen molar-refractivity contribution in [3.05, 3.63) is 228 Å². The van der Waals surface area contributed by atoms with Gasteiger partial charge in [-0.1, -0.05) is 12.8 Å². The Morgan fingerprint density at radius 1 is 0.484 bits per heavy atom. The van der Waals surface area contributed by atoms with Crippen molar-refractivity contribution in [3.63, 3.8) is 0 Å². The lowest BCUT2D eigenvalue weighted by Gasteiger charge is -2.12. The summed E-state index contributed by atoms with van der Waals surface area (Å²) in [6, 6.07) is 40.3. The molecule has 0 radical (unpaired) electrons. The van der Waals surface area contributed by atoms with E-state index in [1.165, 1.54) is 86.7 Å². The summed E-state index contributed by atoms with van der Waals surface area (Å²) in [4.78, 5) is 70.3. The summed E-state index contributed by atoms with van der Waals surface area (Å²) in [6.07, 6.45) is 7.19. The van der Waals surface area contributed by atoms with Crippen LogP contribution in [0.3, 0.4) is 0 Å². The average molecular weight is 1290 g/mol. The highest BCUT2D eigenvalue weighted by molar-refractivity contribution is 5.93. The van der Waals surface area contributed by atoms with Gasteiger partial charge in [-0.05, 0) is 157 Å². The Morgan fingerprint density at radius 3 is 1.25 bits per heavy atom. The number of carbonyl (C=O) groups excluding carboxylic acids is 1. The molecule has 2 N–H and O–H groups in total. The minimum atomic E-state index is -0.472. The zero-order valence-corrected chi connectivity index (χ0v) is 52.5. The van der Waals surface area contributed by atoms with E-state index in [0.717, 1.165) is 37.7 Å². The standard InChI is InChI=1S/C30H33N3O5.C17H16FNO3.C14H9FO3.C13H7FO3/c1-33(2)15-16-36-22-10-12-25-27(17-22)38-28-18-23(11-13-26(28)30(25)35)37-24-9-7-20(31-19-24)8-14-29(34)32-21-5-3-4-6-21;1-19(2)7-8-21-12-4-6-14-16(10-12)22-15-9-11(18)3-5-13(15)17(14)20;1-17-9-3-5-11-13(7-9)18-12-6-8(15)2-4-10(12)14(11)16;14-7-1-3-9-11(5-7)17-12-6-8(15)2-4-10(12)13(9)16/h7,9-13,17-19,21H,3-6,8,14-16H2,1-2H3,(H,32,34);3-6,9-10H,7-8H2,1-2H3;2-7H,1H3;1-6,15H. The summed E-state index contributed by atoms with van der Waals surface area (Å²) in [5.74, 6) is 1.67. The first kappa shape index (κ1) is 65.5. The molecule has 1 fully saturated rings. The molecule has 0 saturated heterocycles. The monoisotopic (exact) mass is 1290 g/mol. The van der Waals surface area contributed by atoms with Crippen molar-refractivity contribution < 1.29 is 59.7 Å². The van der Waals surface area contributed by atoms with Gasteiger partial charge in [0, 0.05) is 79.8 Å². The quantitative estimate of drug-likeness (QED) is 0.0910. The van der Waals surface area contributed by atoms with Crippen molar-refractivity contribution >= 4 is 93.7 Å². The van der Waals surface area contributed by atoms with Crippen LogP contribution in [0, 0.1) is 17.5 Å². The zero-order chi connectivity index (χ0) is 66.9. The molecule has 0 unspecified atom stereocenters. The van der Waals surface area contributed by atoms with Crippen LogP contribution in [0.2, 0.25) is 0 Å². The predicted octanol–water partition coefficient (Wildman–Crippen LogP) is 14.0. The summed E-state index contributed by atoms with van der Waals surface area (Å²) >= 11 is 0. The second-order valence-corrected chi connectivity index (χ2v) is 23.1. The number of nitrogens with one attached hydrogen (secondary N) is 1. The normalized spacial score (nSPS) is 12.3. The van der Waals surface area contributed by atoms with Crippen molar-refractivity contribution in [2.75, 3.05) is 61.6 Å². The van der Waals surface area contributed by atoms with E-state index >= 15 is 0 Å². The molecule has 1 aliphatic rings. The van der Waals surface area contributed by atoms with E-state index < -0.39 is 17.5 Å². The molecular formula is C74H65F3N4O14. The molecular weight excluding hydrogens is 1230 g/mol. The van der Waals surface area contributed by atoms with E-state index in [-0.39, 0.29) is 55.7 Å². The number of hydrogen-bond acceptors (Lipinski definition) is 17. The predicted molar refractivity (Wildman–Crippen MR) is 359 cm³/mol. The fraction of sp³-hybridized carbons (Fsp3) is 0.216. The van der Waals surface area contributed by atoms with Gasteiger partial charge in [0.25, 0.3) is 0 Å². The molecule has 14 rings (SSSR count). The van der Waals surface area contributed by atoms with Crippen molar-refractivity contribution in [2.24, 2.45) is 0 Å². The largest absolute Gasteiger partial charge is 0.508 e. The number of methoxy groups -OCH3 is 1. The summed E-state index contributed by atoms with van der Waals surface area (Å²) in [5, 5.41) is 15.7. The van der Waals surface area contributed by atoms with Gasteiger partial charge in [-0.25, -0.2) is 13.2 Å². The van der Waals surface area contributed by atoms with E-state index in [9.17, 15) is 42.3 Å². The number of halogens is 3. The maximum absolute atomic E-state index is 13.3. The van der Waals surface area contributed by atoms with E-state index in [4.69, 9.17) is 36.6 Å². The lowest BCUT2D eigenvalue weighted by molar-refractivity contribution is -0.121. The van der Waals surface area contributed by atoms with E-state index in [1.807, 2.05) is 50.1 Å². The van der Waals surface area contributed by atoms with E-state index in [0.29, 0.717) is 126 Å². The average Bonchev–Trinajstić information content (AvgIpc) is 0.847. The molecule has 0 atom stereocenters. The first-order chi connectivity index (χ1) is 45.8. The topological polar surface area (TPSA) is 226 Å². The molecule has 13 aromatic rings. The van der Waals surface area contributed by atoms with Crippen LogP contribution < -0.4 is 46.0 Å². The number of phenolic OH excluding ortho intramolecular Hbond substituents is 1. The second kappa shape index (κ2) is 29.3. The third-order valence-corrected chi connectivity index (χ3v) is 15.7. The molecule has 95 heavy (non-hydrogen) atoms. The number of carbonyl (C=O) groups is 1. The Labute approximate surface area is 539 Å². The van der Waals surface area contributed by atoms with Gasteiger partial charge in [0.2, 0.25) is 27.6 Å². The second-order valence-electron chi connectivity index (χ2n) is 23.1. The number of likely N-dealkylation sites (N-methyl/N-ethyl adjacent to an activating group) is 2. The molecule has 1 amide bonds. The number of amides is 1. The highest BCUT2D eigenvalue weighted by atomic mass is 19.1. The Morgan fingerprint density at radius 2 is 0.842 bits per heavy atom. The number of aromatic nitrogens is 1. The first-order valence-electron chi connectivity index (χ1n) is 30.5. The lowest BCUT2D eigenvalue weighted by atomic mass is 10.1. The fourth-order valence-electron chi connectivity index (χ4n) is 10.7. The minimum absolute atomic E-state index is 0.00333. The summed E-state index contributed by atoms with van der Waals surface area (Å²) in [7, 11) is 9.42. The van der Waals surface area contributed by atoms with Crippen molar-refractivity contribution in [2.45, 2.75) is 44.6 Å². The number of nitrogens with zero attached hydrogens (tertiary/aromatic N) is 3. The third-order valence-electron chi connectivity index (χ3n) is 15.7.